The molecule has 1 aromatic rings. The lowest BCUT2D eigenvalue weighted by Crippen LogP contribution is -2.43. The van der Waals surface area contributed by atoms with Crippen molar-refractivity contribution in [3.8, 4) is 0 Å². The lowest BCUT2D eigenvalue weighted by Gasteiger charge is -2.31. The number of likely N-dealkylation sites (tertiary alicyclic amines) is 1. The smallest absolute Gasteiger partial charge is 0.236 e. The molecule has 0 radical (unpaired) electrons. The van der Waals surface area contributed by atoms with Crippen LogP contribution in [0, 0.1) is 5.92 Å². The second kappa shape index (κ2) is 7.65. The molecule has 4 heteroatoms. The Balaban J connectivity index is 1.65. The number of halogens is 1. The van der Waals surface area contributed by atoms with Crippen molar-refractivity contribution in [2.45, 2.75) is 26.2 Å². The first-order valence-electron chi connectivity index (χ1n) is 7.38. The number of benzene rings is 1. The molecule has 1 saturated heterocycles. The van der Waals surface area contributed by atoms with Crippen LogP contribution >= 0.6 is 11.6 Å². The second-order valence-electron chi connectivity index (χ2n) is 5.64. The van der Waals surface area contributed by atoms with Gasteiger partial charge in [0.05, 0.1) is 6.54 Å². The largest absolute Gasteiger partial charge is 0.341 e. The number of nitrogens with one attached hydrogen (secondary N) is 1. The van der Waals surface area contributed by atoms with Gasteiger partial charge in [0.1, 0.15) is 0 Å². The molecule has 1 N–H and O–H groups in total. The topological polar surface area (TPSA) is 32.3 Å². The Labute approximate surface area is 126 Å². The van der Waals surface area contributed by atoms with Gasteiger partial charge in [0, 0.05) is 18.1 Å². The molecule has 110 valence electrons. The molecule has 1 aliphatic rings. The van der Waals surface area contributed by atoms with Crippen molar-refractivity contribution in [2.24, 2.45) is 5.92 Å². The predicted molar refractivity (Wildman–Crippen MR) is 83.0 cm³/mol. The summed E-state index contributed by atoms with van der Waals surface area (Å²) in [6, 6.07) is 7.85. The summed E-state index contributed by atoms with van der Waals surface area (Å²) in [5, 5.41) is 4.00. The number of hydrogen-bond donors (Lipinski definition) is 1. The van der Waals surface area contributed by atoms with Crippen LogP contribution in [0.2, 0.25) is 5.02 Å². The molecule has 1 aliphatic heterocycles. The lowest BCUT2D eigenvalue weighted by atomic mass is 10.0. The van der Waals surface area contributed by atoms with E-state index in [0.29, 0.717) is 12.5 Å². The average Bonchev–Trinajstić information content (AvgIpc) is 2.45. The van der Waals surface area contributed by atoms with E-state index in [2.05, 4.69) is 12.2 Å². The van der Waals surface area contributed by atoms with Gasteiger partial charge in [0.15, 0.2) is 0 Å². The van der Waals surface area contributed by atoms with E-state index in [1.165, 1.54) is 12.0 Å². The molecule has 1 atom stereocenters. The minimum absolute atomic E-state index is 0.229. The van der Waals surface area contributed by atoms with Crippen LogP contribution in [0.5, 0.6) is 0 Å². The van der Waals surface area contributed by atoms with Crippen LogP contribution in [-0.4, -0.2) is 37.0 Å². The molecule has 0 saturated carbocycles. The van der Waals surface area contributed by atoms with Gasteiger partial charge in [0.25, 0.3) is 0 Å². The van der Waals surface area contributed by atoms with Gasteiger partial charge in [-0.05, 0) is 49.4 Å². The summed E-state index contributed by atoms with van der Waals surface area (Å²) in [6.45, 7) is 5.31. The van der Waals surface area contributed by atoms with Crippen LogP contribution in [0.15, 0.2) is 24.3 Å². The Morgan fingerprint density at radius 3 is 2.85 bits per heavy atom. The number of piperidine rings is 1. The van der Waals surface area contributed by atoms with Crippen LogP contribution in [0.25, 0.3) is 0 Å². The maximum atomic E-state index is 12.0. The molecule has 0 bridgehead atoms. The molecule has 1 fully saturated rings. The zero-order valence-corrected chi connectivity index (χ0v) is 12.8. The van der Waals surface area contributed by atoms with Gasteiger partial charge >= 0.3 is 0 Å². The number of nitrogens with zero attached hydrogens (tertiary/aromatic N) is 1. The normalized spacial score (nSPS) is 19.1. The van der Waals surface area contributed by atoms with Gasteiger partial charge < -0.3 is 10.2 Å². The van der Waals surface area contributed by atoms with Crippen LogP contribution in [-0.2, 0) is 11.2 Å². The van der Waals surface area contributed by atoms with Crippen molar-refractivity contribution in [1.29, 1.82) is 0 Å². The van der Waals surface area contributed by atoms with Crippen molar-refractivity contribution in [3.63, 3.8) is 0 Å². The number of carbonyl (C=O) groups is 1. The highest BCUT2D eigenvalue weighted by atomic mass is 35.5. The van der Waals surface area contributed by atoms with E-state index in [9.17, 15) is 4.79 Å². The van der Waals surface area contributed by atoms with Gasteiger partial charge in [-0.3, -0.25) is 4.79 Å². The summed E-state index contributed by atoms with van der Waals surface area (Å²) in [4.78, 5) is 14.0. The van der Waals surface area contributed by atoms with E-state index in [-0.39, 0.29) is 5.91 Å². The molecular formula is C16H23ClN2O. The zero-order valence-electron chi connectivity index (χ0n) is 12.1. The molecule has 0 aliphatic carbocycles. The fourth-order valence-corrected chi connectivity index (χ4v) is 2.73. The fraction of sp³-hybridized carbons (Fsp3) is 0.562. The number of rotatable bonds is 5. The van der Waals surface area contributed by atoms with Crippen molar-refractivity contribution in [3.05, 3.63) is 34.9 Å². The standard InChI is InChI=1S/C16H23ClN2O/c1-13-3-2-10-19(12-13)16(20)11-18-9-8-14-4-6-15(17)7-5-14/h4-7,13,18H,2-3,8-12H2,1H3. The van der Waals surface area contributed by atoms with E-state index in [0.717, 1.165) is 37.5 Å². The Morgan fingerprint density at radius 1 is 1.40 bits per heavy atom. The van der Waals surface area contributed by atoms with Gasteiger partial charge in [0.2, 0.25) is 5.91 Å². The van der Waals surface area contributed by atoms with Crippen LogP contribution < -0.4 is 5.32 Å². The van der Waals surface area contributed by atoms with Crippen molar-refractivity contribution >= 4 is 17.5 Å². The minimum atomic E-state index is 0.229. The molecular weight excluding hydrogens is 272 g/mol. The predicted octanol–water partition coefficient (Wildman–Crippen LogP) is 2.73. The summed E-state index contributed by atoms with van der Waals surface area (Å²) in [5.41, 5.74) is 1.24. The van der Waals surface area contributed by atoms with E-state index >= 15 is 0 Å². The zero-order chi connectivity index (χ0) is 14.4. The quantitative estimate of drug-likeness (QED) is 0.847. The van der Waals surface area contributed by atoms with Gasteiger partial charge in [-0.1, -0.05) is 30.7 Å². The summed E-state index contributed by atoms with van der Waals surface area (Å²) in [7, 11) is 0. The van der Waals surface area contributed by atoms with Gasteiger partial charge in [-0.15, -0.1) is 0 Å². The highest BCUT2D eigenvalue weighted by Crippen LogP contribution is 2.15. The highest BCUT2D eigenvalue weighted by Gasteiger charge is 2.20. The summed E-state index contributed by atoms with van der Waals surface area (Å²) >= 11 is 5.85. The van der Waals surface area contributed by atoms with Crippen LogP contribution in [0.1, 0.15) is 25.3 Å². The second-order valence-corrected chi connectivity index (χ2v) is 6.08. The molecule has 20 heavy (non-hydrogen) atoms. The maximum absolute atomic E-state index is 12.0. The van der Waals surface area contributed by atoms with E-state index in [4.69, 9.17) is 11.6 Å². The maximum Gasteiger partial charge on any atom is 0.236 e. The van der Waals surface area contributed by atoms with E-state index in [1.807, 2.05) is 29.2 Å². The van der Waals surface area contributed by atoms with Crippen molar-refractivity contribution in [2.75, 3.05) is 26.2 Å². The SMILES string of the molecule is CC1CCCN(C(=O)CNCCc2ccc(Cl)cc2)C1. The first-order chi connectivity index (χ1) is 9.65. The molecule has 1 unspecified atom stereocenters. The Morgan fingerprint density at radius 2 is 2.15 bits per heavy atom. The van der Waals surface area contributed by atoms with Gasteiger partial charge in [-0.25, -0.2) is 0 Å². The van der Waals surface area contributed by atoms with Crippen molar-refractivity contribution in [1.82, 2.24) is 10.2 Å². The van der Waals surface area contributed by atoms with E-state index < -0.39 is 0 Å². The minimum Gasteiger partial charge on any atom is -0.341 e. The van der Waals surface area contributed by atoms with Gasteiger partial charge in [-0.2, -0.15) is 0 Å². The molecule has 1 amide bonds. The third-order valence-corrected chi connectivity index (χ3v) is 4.04. The van der Waals surface area contributed by atoms with E-state index in [1.54, 1.807) is 0 Å². The summed E-state index contributed by atoms with van der Waals surface area (Å²) in [6.07, 6.45) is 3.30. The molecule has 2 rings (SSSR count). The average molecular weight is 295 g/mol. The Hall–Kier alpha value is -1.06. The van der Waals surface area contributed by atoms with Crippen LogP contribution in [0.4, 0.5) is 0 Å². The summed E-state index contributed by atoms with van der Waals surface area (Å²) < 4.78 is 0. The summed E-state index contributed by atoms with van der Waals surface area (Å²) in [5.74, 6) is 0.870. The number of amides is 1. The third-order valence-electron chi connectivity index (χ3n) is 3.79. The molecule has 1 aromatic carbocycles. The first-order valence-corrected chi connectivity index (χ1v) is 7.76. The highest BCUT2D eigenvalue weighted by molar-refractivity contribution is 6.30. The molecule has 0 aromatic heterocycles. The third kappa shape index (κ3) is 4.80. The van der Waals surface area contributed by atoms with Crippen molar-refractivity contribution < 1.29 is 4.79 Å². The Kier molecular flexibility index (Phi) is 5.86. The Bertz CT molecular complexity index is 433. The molecule has 1 heterocycles. The number of hydrogen-bond acceptors (Lipinski definition) is 2. The molecule has 0 spiro atoms. The monoisotopic (exact) mass is 294 g/mol. The fourth-order valence-electron chi connectivity index (χ4n) is 2.61. The first kappa shape index (κ1) is 15.3. The number of carbonyl (C=O) groups excluding carboxylic acids is 1. The van der Waals surface area contributed by atoms with Crippen LogP contribution in [0.3, 0.4) is 0 Å². The lowest BCUT2D eigenvalue weighted by molar-refractivity contribution is -0.131. The molecule has 3 nitrogen and oxygen atoms in total.